The van der Waals surface area contributed by atoms with E-state index in [4.69, 9.17) is 0 Å². The van der Waals surface area contributed by atoms with E-state index in [1.54, 1.807) is 9.80 Å². The van der Waals surface area contributed by atoms with Crippen LogP contribution in [0.3, 0.4) is 0 Å². The van der Waals surface area contributed by atoms with Gasteiger partial charge >= 0.3 is 0 Å². The number of benzene rings is 2. The first-order valence-corrected chi connectivity index (χ1v) is 18.6. The number of hydrogen-bond donors (Lipinski definition) is 2. The van der Waals surface area contributed by atoms with E-state index in [2.05, 4.69) is 24.5 Å². The van der Waals surface area contributed by atoms with Gasteiger partial charge in [-0.1, -0.05) is 141 Å². The van der Waals surface area contributed by atoms with Gasteiger partial charge in [-0.3, -0.25) is 20.2 Å². The molecule has 0 fully saturated rings. The molecule has 46 heavy (non-hydrogen) atoms. The van der Waals surface area contributed by atoms with Crippen molar-refractivity contribution in [2.24, 2.45) is 0 Å². The largest absolute Gasteiger partial charge is 0.329 e. The fraction of sp³-hybridized carbons (Fsp3) is 0.650. The Bertz CT molecular complexity index is 968. The Morgan fingerprint density at radius 3 is 1.04 bits per heavy atom. The third kappa shape index (κ3) is 16.7. The van der Waals surface area contributed by atoms with E-state index < -0.39 is 0 Å². The number of carbonyl (C=O) groups is 2. The Morgan fingerprint density at radius 1 is 0.457 bits per heavy atom. The lowest BCUT2D eigenvalue weighted by molar-refractivity contribution is 0.0776. The van der Waals surface area contributed by atoms with Crippen LogP contribution < -0.4 is 10.6 Å². The molecule has 0 spiro atoms. The number of nitrogens with one attached hydrogen (secondary N) is 2. The molecule has 0 atom stereocenters. The second-order valence-electron chi connectivity index (χ2n) is 13.1. The van der Waals surface area contributed by atoms with Crippen LogP contribution in [-0.2, 0) is 0 Å². The summed E-state index contributed by atoms with van der Waals surface area (Å²) in [6.45, 7) is 7.51. The number of amides is 2. The van der Waals surface area contributed by atoms with Gasteiger partial charge in [-0.2, -0.15) is 0 Å². The number of nitrogens with zero attached hydrogens (tertiary/aromatic N) is 2. The monoisotopic (exact) mass is 635 g/mol. The van der Waals surface area contributed by atoms with Crippen LogP contribution in [0.1, 0.15) is 150 Å². The normalized spacial score (nSPS) is 11.1. The summed E-state index contributed by atoms with van der Waals surface area (Å²) < 4.78 is 0. The minimum Gasteiger partial charge on any atom is -0.329 e. The van der Waals surface area contributed by atoms with Crippen molar-refractivity contribution in [1.29, 1.82) is 0 Å². The molecule has 0 unspecified atom stereocenters. The van der Waals surface area contributed by atoms with Gasteiger partial charge in [-0.05, 0) is 61.3 Å². The molecule has 0 aliphatic rings. The highest BCUT2D eigenvalue weighted by Crippen LogP contribution is 2.21. The van der Waals surface area contributed by atoms with Crippen molar-refractivity contribution >= 4 is 11.8 Å². The van der Waals surface area contributed by atoms with Crippen LogP contribution in [0.5, 0.6) is 0 Å². The quantitative estimate of drug-likeness (QED) is 0.0759. The van der Waals surface area contributed by atoms with E-state index in [9.17, 15) is 9.59 Å². The summed E-state index contributed by atoms with van der Waals surface area (Å²) in [5.74, 6) is 0.0306. The van der Waals surface area contributed by atoms with Gasteiger partial charge in [0, 0.05) is 25.2 Å². The van der Waals surface area contributed by atoms with Crippen molar-refractivity contribution in [2.75, 3.05) is 40.5 Å². The van der Waals surface area contributed by atoms with E-state index in [1.165, 1.54) is 103 Å². The van der Waals surface area contributed by atoms with E-state index in [1.807, 2.05) is 62.6 Å². The average molecular weight is 635 g/mol. The summed E-state index contributed by atoms with van der Waals surface area (Å²) in [6, 6.07) is 15.5. The standard InChI is InChI=1S/C40H66N4O2/c1-5-7-9-11-13-15-17-19-21-31-41-33-43(3)39(45)37-27-23-35(24-28-37)36-25-29-38(30-26-36)40(46)44(4)34-42-32-22-20-18-16-14-12-10-8-6-2/h23-30,41-42H,5-22,31-34H2,1-4H3. The predicted octanol–water partition coefficient (Wildman–Crippen LogP) is 9.65. The van der Waals surface area contributed by atoms with Gasteiger partial charge in [0.1, 0.15) is 0 Å². The molecule has 0 aliphatic heterocycles. The third-order valence-corrected chi connectivity index (χ3v) is 8.90. The van der Waals surface area contributed by atoms with Crippen LogP contribution in [0.2, 0.25) is 0 Å². The predicted molar refractivity (Wildman–Crippen MR) is 196 cm³/mol. The first-order chi connectivity index (χ1) is 22.5. The molecule has 0 saturated carbocycles. The lowest BCUT2D eigenvalue weighted by Gasteiger charge is -2.18. The van der Waals surface area contributed by atoms with Gasteiger partial charge in [0.15, 0.2) is 0 Å². The Labute approximate surface area is 282 Å². The second kappa shape index (κ2) is 25.4. The Kier molecular flexibility index (Phi) is 21.8. The lowest BCUT2D eigenvalue weighted by atomic mass is 10.0. The number of unbranched alkanes of at least 4 members (excludes halogenated alkanes) is 16. The minimum atomic E-state index is 0.0153. The molecule has 6 nitrogen and oxygen atoms in total. The zero-order chi connectivity index (χ0) is 33.2. The van der Waals surface area contributed by atoms with Crippen molar-refractivity contribution in [1.82, 2.24) is 20.4 Å². The van der Waals surface area contributed by atoms with Crippen LogP contribution in [-0.4, -0.2) is 62.1 Å². The van der Waals surface area contributed by atoms with Crippen molar-refractivity contribution in [2.45, 2.75) is 129 Å². The molecule has 0 aromatic heterocycles. The van der Waals surface area contributed by atoms with Crippen molar-refractivity contribution in [3.8, 4) is 11.1 Å². The van der Waals surface area contributed by atoms with Gasteiger partial charge < -0.3 is 9.80 Å². The molecule has 0 radical (unpaired) electrons. The van der Waals surface area contributed by atoms with Crippen molar-refractivity contribution in [3.63, 3.8) is 0 Å². The van der Waals surface area contributed by atoms with Gasteiger partial charge in [-0.25, -0.2) is 0 Å². The highest BCUT2D eigenvalue weighted by atomic mass is 16.2. The molecule has 0 bridgehead atoms. The fourth-order valence-corrected chi connectivity index (χ4v) is 5.81. The number of carbonyl (C=O) groups excluding carboxylic acids is 2. The van der Waals surface area contributed by atoms with Crippen molar-refractivity contribution < 1.29 is 9.59 Å². The van der Waals surface area contributed by atoms with Crippen LogP contribution in [0.4, 0.5) is 0 Å². The fourth-order valence-electron chi connectivity index (χ4n) is 5.81. The Hall–Kier alpha value is -2.70. The second-order valence-corrected chi connectivity index (χ2v) is 13.1. The van der Waals surface area contributed by atoms with Crippen LogP contribution in [0.15, 0.2) is 48.5 Å². The molecule has 0 aliphatic carbocycles. The summed E-state index contributed by atoms with van der Waals surface area (Å²) in [5.41, 5.74) is 3.41. The van der Waals surface area contributed by atoms with E-state index >= 15 is 0 Å². The summed E-state index contributed by atoms with van der Waals surface area (Å²) in [5, 5.41) is 6.83. The maximum atomic E-state index is 12.9. The molecule has 2 N–H and O–H groups in total. The Balaban J connectivity index is 1.64. The first kappa shape index (κ1) is 39.5. The number of hydrogen-bond acceptors (Lipinski definition) is 4. The SMILES string of the molecule is CCCCCCCCCCCNCN(C)C(=O)c1ccc(-c2ccc(C(=O)N(C)CNCCCCCCCCCCC)cc2)cc1. The molecular formula is C40H66N4O2. The van der Waals surface area contributed by atoms with Crippen LogP contribution in [0, 0.1) is 0 Å². The molecule has 2 rings (SSSR count). The van der Waals surface area contributed by atoms with E-state index in [-0.39, 0.29) is 11.8 Å². The highest BCUT2D eigenvalue weighted by Gasteiger charge is 2.13. The molecular weight excluding hydrogens is 568 g/mol. The molecule has 2 amide bonds. The molecule has 258 valence electrons. The van der Waals surface area contributed by atoms with Gasteiger partial charge in [-0.15, -0.1) is 0 Å². The molecule has 0 saturated heterocycles. The highest BCUT2D eigenvalue weighted by molar-refractivity contribution is 5.95. The minimum absolute atomic E-state index is 0.0153. The summed E-state index contributed by atoms with van der Waals surface area (Å²) in [4.78, 5) is 29.3. The van der Waals surface area contributed by atoms with Gasteiger partial charge in [0.2, 0.25) is 0 Å². The molecule has 2 aromatic carbocycles. The maximum absolute atomic E-state index is 12.9. The van der Waals surface area contributed by atoms with Gasteiger partial charge in [0.25, 0.3) is 11.8 Å². The summed E-state index contributed by atoms with van der Waals surface area (Å²) in [6.07, 6.45) is 23.7. The first-order valence-electron chi connectivity index (χ1n) is 18.6. The zero-order valence-corrected chi connectivity index (χ0v) is 29.9. The van der Waals surface area contributed by atoms with Crippen LogP contribution in [0.25, 0.3) is 11.1 Å². The van der Waals surface area contributed by atoms with Gasteiger partial charge in [0.05, 0.1) is 13.3 Å². The van der Waals surface area contributed by atoms with Crippen molar-refractivity contribution in [3.05, 3.63) is 59.7 Å². The van der Waals surface area contributed by atoms with Crippen LogP contribution >= 0.6 is 0 Å². The average Bonchev–Trinajstić information content (AvgIpc) is 3.08. The summed E-state index contributed by atoms with van der Waals surface area (Å²) >= 11 is 0. The topological polar surface area (TPSA) is 64.7 Å². The molecule has 6 heteroatoms. The maximum Gasteiger partial charge on any atom is 0.254 e. The smallest absolute Gasteiger partial charge is 0.254 e. The molecule has 2 aromatic rings. The lowest BCUT2D eigenvalue weighted by Crippen LogP contribution is -2.36. The number of rotatable bonds is 27. The molecule has 0 heterocycles. The van der Waals surface area contributed by atoms with E-state index in [0.717, 1.165) is 37.1 Å². The van der Waals surface area contributed by atoms with E-state index in [0.29, 0.717) is 24.5 Å². The Morgan fingerprint density at radius 2 is 0.739 bits per heavy atom. The third-order valence-electron chi connectivity index (χ3n) is 8.90. The zero-order valence-electron chi connectivity index (χ0n) is 29.9. The summed E-state index contributed by atoms with van der Waals surface area (Å²) in [7, 11) is 3.69.